The van der Waals surface area contributed by atoms with Gasteiger partial charge in [0, 0.05) is 9.37 Å². The number of thiol groups is 1. The molecule has 2 nitrogen and oxygen atoms in total. The van der Waals surface area contributed by atoms with E-state index in [0.29, 0.717) is 14.4 Å². The van der Waals surface area contributed by atoms with Crippen LogP contribution < -0.4 is 0 Å². The van der Waals surface area contributed by atoms with Crippen molar-refractivity contribution in [2.75, 3.05) is 0 Å². The van der Waals surface area contributed by atoms with E-state index in [1.165, 1.54) is 12.1 Å². The van der Waals surface area contributed by atoms with E-state index in [1.54, 1.807) is 0 Å². The van der Waals surface area contributed by atoms with Crippen LogP contribution in [-0.2, 0) is 0 Å². The highest BCUT2D eigenvalue weighted by Gasteiger charge is 2.08. The number of rotatable bonds is 1. The van der Waals surface area contributed by atoms with E-state index in [9.17, 15) is 4.79 Å². The SMILES string of the molecule is O=C(O)c1cc(S)c(Br)c(Cl)c1. The highest BCUT2D eigenvalue weighted by atomic mass is 79.9. The Morgan fingerprint density at radius 3 is 2.58 bits per heavy atom. The van der Waals surface area contributed by atoms with Gasteiger partial charge in [-0.05, 0) is 28.1 Å². The number of carbonyl (C=O) groups is 1. The second kappa shape index (κ2) is 3.68. The molecule has 0 atom stereocenters. The van der Waals surface area contributed by atoms with Crippen LogP contribution in [0.3, 0.4) is 0 Å². The lowest BCUT2D eigenvalue weighted by Crippen LogP contribution is -1.96. The van der Waals surface area contributed by atoms with Crippen LogP contribution in [0.25, 0.3) is 0 Å². The van der Waals surface area contributed by atoms with E-state index in [4.69, 9.17) is 16.7 Å². The third-order valence-corrected chi connectivity index (χ3v) is 3.30. The van der Waals surface area contributed by atoms with Gasteiger partial charge >= 0.3 is 5.97 Å². The first-order valence-corrected chi connectivity index (χ1v) is 4.55. The van der Waals surface area contributed by atoms with E-state index in [0.717, 1.165) is 0 Å². The molecule has 0 aliphatic rings. The number of hydrogen-bond donors (Lipinski definition) is 2. The summed E-state index contributed by atoms with van der Waals surface area (Å²) in [6.07, 6.45) is 0. The molecule has 0 spiro atoms. The second-order valence-corrected chi connectivity index (χ2v) is 3.78. The van der Waals surface area contributed by atoms with Crippen molar-refractivity contribution in [3.63, 3.8) is 0 Å². The van der Waals surface area contributed by atoms with E-state index < -0.39 is 5.97 Å². The molecule has 0 bridgehead atoms. The van der Waals surface area contributed by atoms with Crippen molar-refractivity contribution in [3.8, 4) is 0 Å². The van der Waals surface area contributed by atoms with Crippen LogP contribution >= 0.6 is 40.2 Å². The zero-order chi connectivity index (χ0) is 9.30. The molecule has 0 radical (unpaired) electrons. The Morgan fingerprint density at radius 1 is 1.58 bits per heavy atom. The molecule has 0 heterocycles. The Kier molecular flexibility index (Phi) is 3.04. The summed E-state index contributed by atoms with van der Waals surface area (Å²) in [5, 5.41) is 8.96. The fourth-order valence-electron chi connectivity index (χ4n) is 0.698. The molecule has 1 N–H and O–H groups in total. The molecule has 0 fully saturated rings. The van der Waals surface area contributed by atoms with Crippen molar-refractivity contribution in [1.82, 2.24) is 0 Å². The van der Waals surface area contributed by atoms with Gasteiger partial charge in [0.1, 0.15) is 0 Å². The van der Waals surface area contributed by atoms with E-state index in [-0.39, 0.29) is 5.56 Å². The summed E-state index contributed by atoms with van der Waals surface area (Å²) in [4.78, 5) is 11.0. The van der Waals surface area contributed by atoms with Crippen LogP contribution in [-0.4, -0.2) is 11.1 Å². The lowest BCUT2D eigenvalue weighted by molar-refractivity contribution is 0.0696. The van der Waals surface area contributed by atoms with Crippen LogP contribution in [0.1, 0.15) is 10.4 Å². The van der Waals surface area contributed by atoms with Gasteiger partial charge in [-0.15, -0.1) is 12.6 Å². The number of hydrogen-bond acceptors (Lipinski definition) is 2. The molecular weight excluding hydrogens is 263 g/mol. The molecule has 5 heteroatoms. The Labute approximate surface area is 88.1 Å². The van der Waals surface area contributed by atoms with Crippen molar-refractivity contribution < 1.29 is 9.90 Å². The van der Waals surface area contributed by atoms with E-state index in [2.05, 4.69) is 28.6 Å². The van der Waals surface area contributed by atoms with Gasteiger partial charge in [-0.3, -0.25) is 0 Å². The number of carboxylic acids is 1. The normalized spacial score (nSPS) is 9.92. The van der Waals surface area contributed by atoms with Crippen molar-refractivity contribution in [2.45, 2.75) is 4.90 Å². The van der Waals surface area contributed by atoms with Crippen LogP contribution in [0.2, 0.25) is 5.02 Å². The summed E-state index contributed by atoms with van der Waals surface area (Å²) in [7, 11) is 0. The van der Waals surface area contributed by atoms with Gasteiger partial charge in [-0.25, -0.2) is 4.79 Å². The van der Waals surface area contributed by atoms with Crippen LogP contribution in [0, 0.1) is 0 Å². The average molecular weight is 268 g/mol. The Bertz CT molecular complexity index is 317. The molecule has 1 aromatic carbocycles. The predicted molar refractivity (Wildman–Crippen MR) is 53.4 cm³/mol. The van der Waals surface area contributed by atoms with Gasteiger partial charge in [0.05, 0.1) is 10.6 Å². The first-order chi connectivity index (χ1) is 5.52. The van der Waals surface area contributed by atoms with Crippen molar-refractivity contribution in [1.29, 1.82) is 0 Å². The maximum atomic E-state index is 10.5. The summed E-state index contributed by atoms with van der Waals surface area (Å²) in [5.41, 5.74) is 0.133. The zero-order valence-corrected chi connectivity index (χ0v) is 8.95. The van der Waals surface area contributed by atoms with Gasteiger partial charge in [-0.1, -0.05) is 11.6 Å². The molecule has 1 aromatic rings. The zero-order valence-electron chi connectivity index (χ0n) is 5.71. The minimum atomic E-state index is -1.01. The van der Waals surface area contributed by atoms with Crippen molar-refractivity contribution in [2.24, 2.45) is 0 Å². The number of halogens is 2. The second-order valence-electron chi connectivity index (χ2n) is 2.10. The van der Waals surface area contributed by atoms with Gasteiger partial charge < -0.3 is 5.11 Å². The largest absolute Gasteiger partial charge is 0.478 e. The van der Waals surface area contributed by atoms with Crippen LogP contribution in [0.5, 0.6) is 0 Å². The number of carboxylic acid groups (broad SMARTS) is 1. The molecule has 0 saturated heterocycles. The first-order valence-electron chi connectivity index (χ1n) is 2.93. The molecule has 0 amide bonds. The number of aromatic carboxylic acids is 1. The Balaban J connectivity index is 3.31. The Hall–Kier alpha value is -0.190. The topological polar surface area (TPSA) is 37.3 Å². The first kappa shape index (κ1) is 9.89. The van der Waals surface area contributed by atoms with Crippen LogP contribution in [0.15, 0.2) is 21.5 Å². The van der Waals surface area contributed by atoms with Gasteiger partial charge in [0.2, 0.25) is 0 Å². The quantitative estimate of drug-likeness (QED) is 0.767. The predicted octanol–water partition coefficient (Wildman–Crippen LogP) is 3.09. The monoisotopic (exact) mass is 266 g/mol. The van der Waals surface area contributed by atoms with Crippen LogP contribution in [0.4, 0.5) is 0 Å². The summed E-state index contributed by atoms with van der Waals surface area (Å²) in [6.45, 7) is 0. The lowest BCUT2D eigenvalue weighted by atomic mass is 10.2. The fraction of sp³-hybridized carbons (Fsp3) is 0. The minimum absolute atomic E-state index is 0.133. The number of benzene rings is 1. The standard InChI is InChI=1S/C7H4BrClO2S/c8-6-4(9)1-3(7(10)11)2-5(6)12/h1-2,12H,(H,10,11). The molecule has 0 aromatic heterocycles. The fourth-order valence-corrected chi connectivity index (χ4v) is 1.47. The van der Waals surface area contributed by atoms with Crippen molar-refractivity contribution >= 4 is 46.1 Å². The third kappa shape index (κ3) is 1.94. The molecule has 0 aliphatic carbocycles. The summed E-state index contributed by atoms with van der Waals surface area (Å²) in [5.74, 6) is -1.01. The highest BCUT2D eigenvalue weighted by Crippen LogP contribution is 2.30. The van der Waals surface area contributed by atoms with Crippen molar-refractivity contribution in [3.05, 3.63) is 27.2 Å². The summed E-state index contributed by atoms with van der Waals surface area (Å²) >= 11 is 12.9. The van der Waals surface area contributed by atoms with E-state index in [1.807, 2.05) is 0 Å². The molecular formula is C7H4BrClO2S. The van der Waals surface area contributed by atoms with Gasteiger partial charge in [-0.2, -0.15) is 0 Å². The third-order valence-electron chi connectivity index (χ3n) is 1.26. The molecule has 64 valence electrons. The van der Waals surface area contributed by atoms with Gasteiger partial charge in [0.25, 0.3) is 0 Å². The maximum absolute atomic E-state index is 10.5. The maximum Gasteiger partial charge on any atom is 0.335 e. The van der Waals surface area contributed by atoms with Gasteiger partial charge in [0.15, 0.2) is 0 Å². The molecule has 0 saturated carbocycles. The molecule has 1 rings (SSSR count). The minimum Gasteiger partial charge on any atom is -0.478 e. The molecule has 0 aliphatic heterocycles. The highest BCUT2D eigenvalue weighted by molar-refractivity contribution is 9.10. The summed E-state index contributed by atoms with van der Waals surface area (Å²) in [6, 6.07) is 2.80. The smallest absolute Gasteiger partial charge is 0.335 e. The molecule has 0 unspecified atom stereocenters. The summed E-state index contributed by atoms with van der Waals surface area (Å²) < 4.78 is 0.609. The average Bonchev–Trinajstić information content (AvgIpc) is 1.99. The Morgan fingerprint density at radius 2 is 2.17 bits per heavy atom. The van der Waals surface area contributed by atoms with E-state index >= 15 is 0 Å². The molecule has 12 heavy (non-hydrogen) atoms. The lowest BCUT2D eigenvalue weighted by Gasteiger charge is -2.01.